The molecule has 1 N–H and O–H groups in total. The summed E-state index contributed by atoms with van der Waals surface area (Å²) in [6.07, 6.45) is 3.71. The van der Waals surface area contributed by atoms with Gasteiger partial charge in [0.05, 0.1) is 18.4 Å². The van der Waals surface area contributed by atoms with Gasteiger partial charge in [0.2, 0.25) is 0 Å². The normalized spacial score (nSPS) is 11.0. The molecule has 3 rings (SSSR count). The Hall–Kier alpha value is -2.66. The number of ether oxygens (including phenoxy) is 1. The maximum Gasteiger partial charge on any atom is 0.272 e. The number of benzene rings is 3. The fourth-order valence-corrected chi connectivity index (χ4v) is 3.19. The summed E-state index contributed by atoms with van der Waals surface area (Å²) in [6.45, 7) is 2.78. The number of hydrazone groups is 1. The van der Waals surface area contributed by atoms with Crippen molar-refractivity contribution in [2.24, 2.45) is 5.10 Å². The highest BCUT2D eigenvalue weighted by Crippen LogP contribution is 2.27. The van der Waals surface area contributed by atoms with Gasteiger partial charge in [-0.2, -0.15) is 5.10 Å². The summed E-state index contributed by atoms with van der Waals surface area (Å²) in [6, 6.07) is 19.3. The van der Waals surface area contributed by atoms with E-state index in [1.165, 1.54) is 0 Å². The third-order valence-corrected chi connectivity index (χ3v) is 4.86. The molecule has 1 amide bonds. The van der Waals surface area contributed by atoms with Crippen LogP contribution in [0, 0.1) is 0 Å². The van der Waals surface area contributed by atoms with Crippen LogP contribution in [-0.4, -0.2) is 18.7 Å². The van der Waals surface area contributed by atoms with E-state index in [0.717, 1.165) is 39.4 Å². The molecule has 4 nitrogen and oxygen atoms in total. The van der Waals surface area contributed by atoms with Gasteiger partial charge in [0.15, 0.2) is 0 Å². The van der Waals surface area contributed by atoms with Crippen LogP contribution in [0.3, 0.4) is 0 Å². The molecule has 0 radical (unpaired) electrons. The van der Waals surface area contributed by atoms with Gasteiger partial charge in [0.25, 0.3) is 5.91 Å². The Balaban J connectivity index is 1.85. The highest BCUT2D eigenvalue weighted by Gasteiger charge is 2.09. The summed E-state index contributed by atoms with van der Waals surface area (Å²) < 4.78 is 6.66. The monoisotopic (exact) mass is 424 g/mol. The molecule has 0 saturated carbocycles. The van der Waals surface area contributed by atoms with Gasteiger partial charge >= 0.3 is 0 Å². The van der Waals surface area contributed by atoms with E-state index in [1.54, 1.807) is 12.3 Å². The van der Waals surface area contributed by atoms with Gasteiger partial charge in [-0.3, -0.25) is 4.79 Å². The molecule has 27 heavy (non-hydrogen) atoms. The van der Waals surface area contributed by atoms with Crippen LogP contribution in [0.5, 0.6) is 5.75 Å². The van der Waals surface area contributed by atoms with Crippen LogP contribution >= 0.6 is 15.9 Å². The summed E-state index contributed by atoms with van der Waals surface area (Å²) in [7, 11) is 0. The molecule has 3 aromatic carbocycles. The van der Waals surface area contributed by atoms with Crippen LogP contribution in [0.4, 0.5) is 0 Å². The van der Waals surface area contributed by atoms with E-state index >= 15 is 0 Å². The number of carbonyl (C=O) groups is 1. The van der Waals surface area contributed by atoms with Crippen LogP contribution in [0.15, 0.2) is 70.2 Å². The second kappa shape index (κ2) is 9.33. The number of halogens is 1. The molecule has 5 heteroatoms. The first-order valence-corrected chi connectivity index (χ1v) is 9.72. The SMILES string of the molecule is CCCCOc1ccc2ccccc2c1/C=N\NC(=O)c1ccccc1Br. The minimum Gasteiger partial charge on any atom is -0.493 e. The van der Waals surface area contributed by atoms with E-state index in [2.05, 4.69) is 33.4 Å². The third-order valence-electron chi connectivity index (χ3n) is 4.16. The predicted octanol–water partition coefficient (Wildman–Crippen LogP) is 5.55. The molecule has 0 aliphatic heterocycles. The van der Waals surface area contributed by atoms with Crippen molar-refractivity contribution in [1.29, 1.82) is 0 Å². The Morgan fingerprint density at radius 3 is 2.70 bits per heavy atom. The zero-order valence-electron chi connectivity index (χ0n) is 15.1. The highest BCUT2D eigenvalue weighted by molar-refractivity contribution is 9.10. The first-order chi connectivity index (χ1) is 13.2. The summed E-state index contributed by atoms with van der Waals surface area (Å²) in [5, 5.41) is 6.30. The van der Waals surface area contributed by atoms with Gasteiger partial charge in [0.1, 0.15) is 5.75 Å². The number of rotatable bonds is 7. The molecule has 0 aliphatic carbocycles. The number of fused-ring (bicyclic) bond motifs is 1. The second-order valence-electron chi connectivity index (χ2n) is 6.08. The molecular formula is C22H21BrN2O2. The lowest BCUT2D eigenvalue weighted by molar-refractivity contribution is 0.0954. The third kappa shape index (κ3) is 4.74. The highest BCUT2D eigenvalue weighted by atomic mass is 79.9. The van der Waals surface area contributed by atoms with E-state index in [0.29, 0.717) is 12.2 Å². The average Bonchev–Trinajstić information content (AvgIpc) is 2.69. The predicted molar refractivity (Wildman–Crippen MR) is 114 cm³/mol. The number of nitrogens with one attached hydrogen (secondary N) is 1. The van der Waals surface area contributed by atoms with Crippen molar-refractivity contribution in [3.05, 3.63) is 76.3 Å². The smallest absolute Gasteiger partial charge is 0.272 e. The number of carbonyl (C=O) groups excluding carboxylic acids is 1. The zero-order valence-corrected chi connectivity index (χ0v) is 16.7. The number of hydrogen-bond acceptors (Lipinski definition) is 3. The topological polar surface area (TPSA) is 50.7 Å². The van der Waals surface area contributed by atoms with Crippen LogP contribution in [0.25, 0.3) is 10.8 Å². The fraction of sp³-hybridized carbons (Fsp3) is 0.182. The molecule has 0 fully saturated rings. The maximum atomic E-state index is 12.3. The summed E-state index contributed by atoms with van der Waals surface area (Å²) in [4.78, 5) is 12.3. The average molecular weight is 425 g/mol. The van der Waals surface area contributed by atoms with E-state index in [-0.39, 0.29) is 5.91 Å². The lowest BCUT2D eigenvalue weighted by Gasteiger charge is -2.11. The number of unbranched alkanes of at least 4 members (excludes halogenated alkanes) is 1. The van der Waals surface area contributed by atoms with E-state index in [9.17, 15) is 4.79 Å². The molecule has 0 bridgehead atoms. The van der Waals surface area contributed by atoms with E-state index in [1.807, 2.05) is 54.6 Å². The van der Waals surface area contributed by atoms with Gasteiger partial charge in [-0.1, -0.05) is 55.8 Å². The minimum absolute atomic E-state index is 0.271. The Morgan fingerprint density at radius 2 is 1.89 bits per heavy atom. The summed E-state index contributed by atoms with van der Waals surface area (Å²) >= 11 is 3.38. The van der Waals surface area contributed by atoms with Crippen molar-refractivity contribution in [2.75, 3.05) is 6.61 Å². The van der Waals surface area contributed by atoms with Crippen molar-refractivity contribution in [3.63, 3.8) is 0 Å². The molecule has 0 heterocycles. The Kier molecular flexibility index (Phi) is 6.60. The van der Waals surface area contributed by atoms with Crippen molar-refractivity contribution in [2.45, 2.75) is 19.8 Å². The molecule has 0 aromatic heterocycles. The van der Waals surface area contributed by atoms with E-state index in [4.69, 9.17) is 4.74 Å². The first kappa shape index (κ1) is 19.1. The van der Waals surface area contributed by atoms with Crippen LogP contribution < -0.4 is 10.2 Å². The fourth-order valence-electron chi connectivity index (χ4n) is 2.72. The Labute approximate surface area is 167 Å². The Bertz CT molecular complexity index is 969. The molecule has 138 valence electrons. The molecule has 0 aliphatic rings. The molecule has 0 atom stereocenters. The maximum absolute atomic E-state index is 12.3. The first-order valence-electron chi connectivity index (χ1n) is 8.93. The molecule has 0 unspecified atom stereocenters. The Morgan fingerprint density at radius 1 is 1.11 bits per heavy atom. The van der Waals surface area contributed by atoms with Crippen LogP contribution in [0.1, 0.15) is 35.7 Å². The molecule has 0 spiro atoms. The largest absolute Gasteiger partial charge is 0.493 e. The van der Waals surface area contributed by atoms with E-state index < -0.39 is 0 Å². The lowest BCUT2D eigenvalue weighted by atomic mass is 10.0. The van der Waals surface area contributed by atoms with Crippen molar-refractivity contribution in [3.8, 4) is 5.75 Å². The van der Waals surface area contributed by atoms with Gasteiger partial charge in [-0.25, -0.2) is 5.43 Å². The quantitative estimate of drug-likeness (QED) is 0.307. The second-order valence-corrected chi connectivity index (χ2v) is 6.93. The van der Waals surface area contributed by atoms with Crippen molar-refractivity contribution in [1.82, 2.24) is 5.43 Å². The van der Waals surface area contributed by atoms with Gasteiger partial charge in [-0.05, 0) is 51.3 Å². The van der Waals surface area contributed by atoms with Gasteiger partial charge in [-0.15, -0.1) is 0 Å². The van der Waals surface area contributed by atoms with Crippen molar-refractivity contribution < 1.29 is 9.53 Å². The number of amides is 1. The number of hydrogen-bond donors (Lipinski definition) is 1. The lowest BCUT2D eigenvalue weighted by Crippen LogP contribution is -2.18. The van der Waals surface area contributed by atoms with Gasteiger partial charge < -0.3 is 4.74 Å². The molecule has 3 aromatic rings. The standard InChI is InChI=1S/C22H21BrN2O2/c1-2-3-14-27-21-13-12-16-8-4-5-9-17(16)19(21)15-24-25-22(26)18-10-6-7-11-20(18)23/h4-13,15H,2-3,14H2,1H3,(H,25,26)/b24-15-. The molecule has 0 saturated heterocycles. The van der Waals surface area contributed by atoms with Crippen molar-refractivity contribution >= 4 is 38.8 Å². The van der Waals surface area contributed by atoms with Crippen LogP contribution in [0.2, 0.25) is 0 Å². The summed E-state index contributed by atoms with van der Waals surface area (Å²) in [5.41, 5.74) is 3.98. The van der Waals surface area contributed by atoms with Crippen LogP contribution in [-0.2, 0) is 0 Å². The number of nitrogens with zero attached hydrogens (tertiary/aromatic N) is 1. The zero-order chi connectivity index (χ0) is 19.1. The molecular weight excluding hydrogens is 404 g/mol. The summed E-state index contributed by atoms with van der Waals surface area (Å²) in [5.74, 6) is 0.494. The minimum atomic E-state index is -0.271. The van der Waals surface area contributed by atoms with Gasteiger partial charge in [0, 0.05) is 10.0 Å².